The van der Waals surface area contributed by atoms with Crippen molar-refractivity contribution in [2.75, 3.05) is 59.8 Å². The van der Waals surface area contributed by atoms with Crippen LogP contribution in [0.2, 0.25) is 0 Å². The summed E-state index contributed by atoms with van der Waals surface area (Å²) < 4.78 is 45.4. The molecule has 2 saturated heterocycles. The Hall–Kier alpha value is -1.39. The number of rotatable bonds is 6. The third kappa shape index (κ3) is 4.28. The first-order valence-corrected chi connectivity index (χ1v) is 11.3. The number of methoxy groups -OCH3 is 1. The minimum absolute atomic E-state index is 0.275. The van der Waals surface area contributed by atoms with Crippen LogP contribution >= 0.6 is 0 Å². The summed E-state index contributed by atoms with van der Waals surface area (Å²) in [4.78, 5) is 2.29. The van der Waals surface area contributed by atoms with Crippen LogP contribution in [0.5, 0.6) is 11.5 Å². The summed E-state index contributed by atoms with van der Waals surface area (Å²) in [6.45, 7) is 5.35. The molecule has 0 amide bonds. The van der Waals surface area contributed by atoms with Crippen LogP contribution in [0, 0.1) is 5.92 Å². The highest BCUT2D eigenvalue weighted by Crippen LogP contribution is 2.33. The zero-order valence-corrected chi connectivity index (χ0v) is 17.2. The van der Waals surface area contributed by atoms with E-state index in [1.165, 1.54) is 0 Å². The number of piperazine rings is 1. The van der Waals surface area contributed by atoms with Gasteiger partial charge in [-0.3, -0.25) is 4.90 Å². The molecule has 28 heavy (non-hydrogen) atoms. The van der Waals surface area contributed by atoms with Crippen LogP contribution in [0.4, 0.5) is 0 Å². The smallest absolute Gasteiger partial charge is 0.282 e. The molecule has 4 rings (SSSR count). The molecule has 3 aliphatic heterocycles. The van der Waals surface area contributed by atoms with Crippen LogP contribution in [0.15, 0.2) is 18.2 Å². The minimum atomic E-state index is -3.39. The first-order chi connectivity index (χ1) is 13.6. The predicted octanol–water partition coefficient (Wildman–Crippen LogP) is 1.14. The molecule has 0 spiro atoms. The number of benzene rings is 1. The molecule has 8 nitrogen and oxygen atoms in total. The minimum Gasteiger partial charge on any atom is -0.454 e. The Morgan fingerprint density at radius 3 is 2.64 bits per heavy atom. The van der Waals surface area contributed by atoms with Crippen molar-refractivity contribution < 1.29 is 22.6 Å². The van der Waals surface area contributed by atoms with Crippen LogP contribution in [-0.4, -0.2) is 81.7 Å². The van der Waals surface area contributed by atoms with Gasteiger partial charge in [-0.15, -0.1) is 0 Å². The van der Waals surface area contributed by atoms with Crippen molar-refractivity contribution in [1.82, 2.24) is 13.5 Å². The number of piperidine rings is 1. The van der Waals surface area contributed by atoms with E-state index in [4.69, 9.17) is 14.2 Å². The molecule has 0 radical (unpaired) electrons. The summed E-state index contributed by atoms with van der Waals surface area (Å²) >= 11 is 0. The van der Waals surface area contributed by atoms with E-state index in [1.807, 2.05) is 18.2 Å². The Kier molecular flexibility index (Phi) is 6.07. The van der Waals surface area contributed by atoms with Gasteiger partial charge < -0.3 is 14.2 Å². The summed E-state index contributed by atoms with van der Waals surface area (Å²) in [5.41, 5.74) is 1.15. The fourth-order valence-corrected chi connectivity index (χ4v) is 5.90. The van der Waals surface area contributed by atoms with Gasteiger partial charge in [0.1, 0.15) is 0 Å². The van der Waals surface area contributed by atoms with Crippen molar-refractivity contribution in [2.45, 2.75) is 19.4 Å². The number of fused-ring (bicyclic) bond motifs is 1. The van der Waals surface area contributed by atoms with Crippen molar-refractivity contribution in [3.8, 4) is 11.5 Å². The van der Waals surface area contributed by atoms with Gasteiger partial charge >= 0.3 is 0 Å². The van der Waals surface area contributed by atoms with Crippen LogP contribution in [-0.2, 0) is 21.5 Å². The van der Waals surface area contributed by atoms with Gasteiger partial charge in [0.25, 0.3) is 10.2 Å². The Labute approximate surface area is 167 Å². The summed E-state index contributed by atoms with van der Waals surface area (Å²) in [5, 5.41) is 0. The van der Waals surface area contributed by atoms with Gasteiger partial charge in [0.15, 0.2) is 11.5 Å². The van der Waals surface area contributed by atoms with Gasteiger partial charge in [-0.25, -0.2) is 0 Å². The standard InChI is InChI=1S/C19H29N3O5S/c1-25-14-17-3-2-6-22(13-17)28(23,24)21-9-7-20(8-10-21)12-16-4-5-18-19(11-16)27-15-26-18/h4-5,11,17H,2-3,6-10,12-15H2,1H3. The van der Waals surface area contributed by atoms with Gasteiger partial charge in [0.05, 0.1) is 6.61 Å². The summed E-state index contributed by atoms with van der Waals surface area (Å²) in [6, 6.07) is 5.99. The zero-order chi connectivity index (χ0) is 19.6. The highest BCUT2D eigenvalue weighted by molar-refractivity contribution is 7.86. The van der Waals surface area contributed by atoms with E-state index >= 15 is 0 Å². The number of nitrogens with zero attached hydrogens (tertiary/aromatic N) is 3. The molecule has 0 aliphatic carbocycles. The van der Waals surface area contributed by atoms with E-state index in [-0.39, 0.29) is 6.79 Å². The number of hydrogen-bond donors (Lipinski definition) is 0. The number of hydrogen-bond acceptors (Lipinski definition) is 6. The van der Waals surface area contributed by atoms with E-state index in [2.05, 4.69) is 4.90 Å². The lowest BCUT2D eigenvalue weighted by Crippen LogP contribution is -2.54. The second-order valence-corrected chi connectivity index (χ2v) is 9.62. The Bertz CT molecular complexity index is 778. The molecule has 9 heteroatoms. The topological polar surface area (TPSA) is 71.6 Å². The van der Waals surface area contributed by atoms with Gasteiger partial charge in [-0.05, 0) is 36.5 Å². The summed E-state index contributed by atoms with van der Waals surface area (Å²) in [7, 11) is -1.72. The van der Waals surface area contributed by atoms with E-state index in [0.717, 1.165) is 49.5 Å². The molecule has 3 heterocycles. The lowest BCUT2D eigenvalue weighted by molar-refractivity contribution is 0.113. The Morgan fingerprint density at radius 2 is 1.86 bits per heavy atom. The lowest BCUT2D eigenvalue weighted by atomic mass is 10.0. The molecule has 156 valence electrons. The average molecular weight is 412 g/mol. The lowest BCUT2D eigenvalue weighted by Gasteiger charge is -2.39. The fourth-order valence-electron chi connectivity index (χ4n) is 4.19. The second kappa shape index (κ2) is 8.54. The fraction of sp³-hybridized carbons (Fsp3) is 0.684. The quantitative estimate of drug-likeness (QED) is 0.699. The number of ether oxygens (including phenoxy) is 3. The second-order valence-electron chi connectivity index (χ2n) is 7.69. The van der Waals surface area contributed by atoms with E-state index in [0.29, 0.717) is 38.7 Å². The molecule has 1 aromatic rings. The van der Waals surface area contributed by atoms with E-state index < -0.39 is 10.2 Å². The Balaban J connectivity index is 1.32. The normalized spacial score (nSPS) is 24.5. The molecule has 0 aromatic heterocycles. The first kappa shape index (κ1) is 19.9. The maximum Gasteiger partial charge on any atom is 0.282 e. The third-order valence-corrected chi connectivity index (χ3v) is 7.71. The molecule has 1 atom stereocenters. The molecule has 1 aromatic carbocycles. The summed E-state index contributed by atoms with van der Waals surface area (Å²) in [6.07, 6.45) is 1.93. The van der Waals surface area contributed by atoms with Gasteiger partial charge in [-0.1, -0.05) is 6.07 Å². The summed E-state index contributed by atoms with van der Waals surface area (Å²) in [5.74, 6) is 1.86. The maximum atomic E-state index is 13.0. The van der Waals surface area contributed by atoms with Gasteiger partial charge in [0, 0.05) is 52.9 Å². The average Bonchev–Trinajstić information content (AvgIpc) is 3.17. The van der Waals surface area contributed by atoms with Gasteiger partial charge in [-0.2, -0.15) is 17.0 Å². The molecule has 0 bridgehead atoms. The molecular formula is C19H29N3O5S. The molecular weight excluding hydrogens is 382 g/mol. The van der Waals surface area contributed by atoms with Crippen LogP contribution in [0.3, 0.4) is 0 Å². The van der Waals surface area contributed by atoms with Crippen molar-refractivity contribution >= 4 is 10.2 Å². The van der Waals surface area contributed by atoms with E-state index in [1.54, 1.807) is 15.7 Å². The largest absolute Gasteiger partial charge is 0.454 e. The first-order valence-electron chi connectivity index (χ1n) is 9.91. The zero-order valence-electron chi connectivity index (χ0n) is 16.4. The molecule has 0 saturated carbocycles. The molecule has 2 fully saturated rings. The SMILES string of the molecule is COCC1CCCN(S(=O)(=O)N2CCN(Cc3ccc4c(c3)OCO4)CC2)C1. The monoisotopic (exact) mass is 411 g/mol. The highest BCUT2D eigenvalue weighted by Gasteiger charge is 2.35. The van der Waals surface area contributed by atoms with Crippen LogP contribution < -0.4 is 9.47 Å². The Morgan fingerprint density at radius 1 is 1.07 bits per heavy atom. The third-order valence-electron chi connectivity index (χ3n) is 5.71. The molecule has 1 unspecified atom stereocenters. The van der Waals surface area contributed by atoms with Crippen molar-refractivity contribution in [3.05, 3.63) is 23.8 Å². The molecule has 0 N–H and O–H groups in total. The van der Waals surface area contributed by atoms with Crippen molar-refractivity contribution in [1.29, 1.82) is 0 Å². The van der Waals surface area contributed by atoms with Crippen molar-refractivity contribution in [3.63, 3.8) is 0 Å². The molecule has 3 aliphatic rings. The van der Waals surface area contributed by atoms with Gasteiger partial charge in [0.2, 0.25) is 6.79 Å². The predicted molar refractivity (Wildman–Crippen MR) is 105 cm³/mol. The van der Waals surface area contributed by atoms with Crippen molar-refractivity contribution in [2.24, 2.45) is 5.92 Å². The highest BCUT2D eigenvalue weighted by atomic mass is 32.2. The van der Waals surface area contributed by atoms with Crippen LogP contribution in [0.1, 0.15) is 18.4 Å². The van der Waals surface area contributed by atoms with Crippen LogP contribution in [0.25, 0.3) is 0 Å². The maximum absolute atomic E-state index is 13.0. The van der Waals surface area contributed by atoms with E-state index in [9.17, 15) is 8.42 Å².